The smallest absolute Gasteiger partial charge is 0.341 e. The van der Waals surface area contributed by atoms with Gasteiger partial charge >= 0.3 is 6.18 Å². The Bertz CT molecular complexity index is 256. The third kappa shape index (κ3) is 4.93. The van der Waals surface area contributed by atoms with Crippen LogP contribution in [0, 0.1) is 0 Å². The van der Waals surface area contributed by atoms with Crippen molar-refractivity contribution in [1.29, 1.82) is 0 Å². The van der Waals surface area contributed by atoms with Gasteiger partial charge in [0.15, 0.2) is 0 Å². The lowest BCUT2D eigenvalue weighted by Gasteiger charge is -2.32. The van der Waals surface area contributed by atoms with Crippen molar-refractivity contribution in [1.82, 2.24) is 10.2 Å². The molecule has 0 saturated carbocycles. The molecule has 1 rings (SSSR count). The summed E-state index contributed by atoms with van der Waals surface area (Å²) in [6.07, 6.45) is -2.60. The fourth-order valence-corrected chi connectivity index (χ4v) is 2.06. The van der Waals surface area contributed by atoms with Crippen LogP contribution >= 0.6 is 0 Å². The maximum absolute atomic E-state index is 11.9. The molecule has 1 unspecified atom stereocenters. The van der Waals surface area contributed by atoms with Gasteiger partial charge in [-0.15, -0.1) is 0 Å². The van der Waals surface area contributed by atoms with Crippen molar-refractivity contribution in [3.05, 3.63) is 0 Å². The highest BCUT2D eigenvalue weighted by Gasteiger charge is 2.28. The number of hydrogen-bond donors (Lipinski definition) is 1. The number of amides is 1. The minimum absolute atomic E-state index is 0.0192. The molecule has 1 aliphatic rings. The van der Waals surface area contributed by atoms with E-state index < -0.39 is 12.6 Å². The van der Waals surface area contributed by atoms with Gasteiger partial charge in [0.1, 0.15) is 0 Å². The zero-order chi connectivity index (χ0) is 12.9. The zero-order valence-corrected chi connectivity index (χ0v) is 10.0. The average molecular weight is 252 g/mol. The van der Waals surface area contributed by atoms with E-state index in [9.17, 15) is 18.0 Å². The Kier molecular flexibility index (Phi) is 5.24. The number of hydrogen-bond acceptors (Lipinski definition) is 2. The molecule has 0 aromatic rings. The molecular weight excluding hydrogens is 233 g/mol. The molecule has 0 bridgehead atoms. The topological polar surface area (TPSA) is 32.3 Å². The molecule has 0 aliphatic carbocycles. The summed E-state index contributed by atoms with van der Waals surface area (Å²) in [7, 11) is 1.73. The molecule has 1 N–H and O–H groups in total. The van der Waals surface area contributed by atoms with E-state index in [2.05, 4.69) is 5.32 Å². The summed E-state index contributed by atoms with van der Waals surface area (Å²) in [5.41, 5.74) is 0. The SMILES string of the molecule is CNC1CCCN(CCCCC(F)(F)F)C1=O. The summed E-state index contributed by atoms with van der Waals surface area (Å²) in [6, 6.07) is -0.161. The third-order valence-electron chi connectivity index (χ3n) is 3.02. The second kappa shape index (κ2) is 6.23. The maximum Gasteiger partial charge on any atom is 0.389 e. The van der Waals surface area contributed by atoms with E-state index in [-0.39, 0.29) is 18.4 Å². The highest BCUT2D eigenvalue weighted by atomic mass is 19.4. The van der Waals surface area contributed by atoms with E-state index >= 15 is 0 Å². The van der Waals surface area contributed by atoms with Gasteiger partial charge in [-0.3, -0.25) is 4.79 Å². The number of nitrogens with one attached hydrogen (secondary N) is 1. The first kappa shape index (κ1) is 14.3. The monoisotopic (exact) mass is 252 g/mol. The summed E-state index contributed by atoms with van der Waals surface area (Å²) in [5.74, 6) is 0.0192. The number of carbonyl (C=O) groups excluding carboxylic acids is 1. The quantitative estimate of drug-likeness (QED) is 0.758. The Morgan fingerprint density at radius 1 is 1.41 bits per heavy atom. The van der Waals surface area contributed by atoms with Crippen LogP contribution in [-0.2, 0) is 4.79 Å². The van der Waals surface area contributed by atoms with Gasteiger partial charge in [-0.2, -0.15) is 13.2 Å². The number of rotatable bonds is 5. The molecule has 1 fully saturated rings. The Morgan fingerprint density at radius 3 is 2.71 bits per heavy atom. The lowest BCUT2D eigenvalue weighted by molar-refractivity contribution is -0.137. The van der Waals surface area contributed by atoms with Crippen LogP contribution in [0.3, 0.4) is 0 Å². The molecule has 1 saturated heterocycles. The van der Waals surface area contributed by atoms with Gasteiger partial charge in [-0.25, -0.2) is 0 Å². The van der Waals surface area contributed by atoms with Crippen LogP contribution in [0.15, 0.2) is 0 Å². The number of unbranched alkanes of at least 4 members (excludes halogenated alkanes) is 1. The number of alkyl halides is 3. The summed E-state index contributed by atoms with van der Waals surface area (Å²) >= 11 is 0. The third-order valence-corrected chi connectivity index (χ3v) is 3.02. The van der Waals surface area contributed by atoms with Gasteiger partial charge in [0.05, 0.1) is 6.04 Å². The molecule has 0 aromatic carbocycles. The lowest BCUT2D eigenvalue weighted by atomic mass is 10.0. The van der Waals surface area contributed by atoms with Crippen molar-refractivity contribution < 1.29 is 18.0 Å². The van der Waals surface area contributed by atoms with E-state index in [0.29, 0.717) is 19.5 Å². The largest absolute Gasteiger partial charge is 0.389 e. The van der Waals surface area contributed by atoms with Crippen LogP contribution in [0.2, 0.25) is 0 Å². The number of likely N-dealkylation sites (N-methyl/N-ethyl adjacent to an activating group) is 1. The predicted octanol–water partition coefficient (Wildman–Crippen LogP) is 1.93. The molecule has 100 valence electrons. The molecular formula is C11H19F3N2O. The number of nitrogens with zero attached hydrogens (tertiary/aromatic N) is 1. The van der Waals surface area contributed by atoms with Crippen LogP contribution in [0.4, 0.5) is 13.2 Å². The summed E-state index contributed by atoms with van der Waals surface area (Å²) in [6.45, 7) is 1.11. The Labute approximate surface area is 99.4 Å². The van der Waals surface area contributed by atoms with Crippen molar-refractivity contribution in [3.63, 3.8) is 0 Å². The highest BCUT2D eigenvalue weighted by molar-refractivity contribution is 5.82. The van der Waals surface area contributed by atoms with Gasteiger partial charge < -0.3 is 10.2 Å². The molecule has 1 aliphatic heterocycles. The molecule has 0 aromatic heterocycles. The van der Waals surface area contributed by atoms with Crippen LogP contribution in [0.5, 0.6) is 0 Å². The van der Waals surface area contributed by atoms with E-state index in [1.54, 1.807) is 11.9 Å². The van der Waals surface area contributed by atoms with E-state index in [0.717, 1.165) is 12.8 Å². The molecule has 6 heteroatoms. The molecule has 3 nitrogen and oxygen atoms in total. The number of halogens is 3. The summed E-state index contributed by atoms with van der Waals surface area (Å²) < 4.78 is 35.8. The number of carbonyl (C=O) groups is 1. The molecule has 1 heterocycles. The number of likely N-dealkylation sites (tertiary alicyclic amines) is 1. The Balaban J connectivity index is 2.24. The van der Waals surface area contributed by atoms with Crippen molar-refractivity contribution in [2.45, 2.75) is 44.3 Å². The van der Waals surface area contributed by atoms with E-state index in [4.69, 9.17) is 0 Å². The van der Waals surface area contributed by atoms with Crippen LogP contribution in [0.25, 0.3) is 0 Å². The first-order chi connectivity index (χ1) is 7.94. The molecule has 1 atom stereocenters. The van der Waals surface area contributed by atoms with Crippen molar-refractivity contribution in [2.24, 2.45) is 0 Å². The summed E-state index contributed by atoms with van der Waals surface area (Å²) in [4.78, 5) is 13.5. The fourth-order valence-electron chi connectivity index (χ4n) is 2.06. The van der Waals surface area contributed by atoms with Crippen molar-refractivity contribution in [2.75, 3.05) is 20.1 Å². The maximum atomic E-state index is 11.9. The van der Waals surface area contributed by atoms with Gasteiger partial charge in [0.2, 0.25) is 5.91 Å². The van der Waals surface area contributed by atoms with Crippen LogP contribution < -0.4 is 5.32 Å². The molecule has 0 radical (unpaired) electrons. The Morgan fingerprint density at radius 2 is 2.12 bits per heavy atom. The first-order valence-corrected chi connectivity index (χ1v) is 5.97. The molecule has 17 heavy (non-hydrogen) atoms. The van der Waals surface area contributed by atoms with Crippen molar-refractivity contribution in [3.8, 4) is 0 Å². The lowest BCUT2D eigenvalue weighted by Crippen LogP contribution is -2.49. The fraction of sp³-hybridized carbons (Fsp3) is 0.909. The Hall–Kier alpha value is -0.780. The minimum Gasteiger partial charge on any atom is -0.341 e. The second-order valence-electron chi connectivity index (χ2n) is 4.38. The zero-order valence-electron chi connectivity index (χ0n) is 10.0. The average Bonchev–Trinajstić information content (AvgIpc) is 2.25. The minimum atomic E-state index is -4.08. The second-order valence-corrected chi connectivity index (χ2v) is 4.38. The highest BCUT2D eigenvalue weighted by Crippen LogP contribution is 2.22. The van der Waals surface area contributed by atoms with Gasteiger partial charge in [0, 0.05) is 19.5 Å². The summed E-state index contributed by atoms with van der Waals surface area (Å²) in [5, 5.41) is 2.93. The van der Waals surface area contributed by atoms with Gasteiger partial charge in [-0.05, 0) is 32.7 Å². The van der Waals surface area contributed by atoms with Crippen molar-refractivity contribution >= 4 is 5.91 Å². The number of piperidine rings is 1. The predicted molar refractivity (Wildman–Crippen MR) is 58.6 cm³/mol. The standard InChI is InChI=1S/C11H19F3N2O/c1-15-9-5-4-8-16(10(9)17)7-3-2-6-11(12,13)14/h9,15H,2-8H2,1H3. The van der Waals surface area contributed by atoms with Crippen LogP contribution in [0.1, 0.15) is 32.1 Å². The molecule has 0 spiro atoms. The van der Waals surface area contributed by atoms with Crippen LogP contribution in [-0.4, -0.2) is 43.2 Å². The normalized spacial score (nSPS) is 22.0. The van der Waals surface area contributed by atoms with E-state index in [1.165, 1.54) is 0 Å². The first-order valence-electron chi connectivity index (χ1n) is 5.97. The van der Waals surface area contributed by atoms with Gasteiger partial charge in [-0.1, -0.05) is 0 Å². The van der Waals surface area contributed by atoms with Gasteiger partial charge in [0.25, 0.3) is 0 Å². The van der Waals surface area contributed by atoms with E-state index in [1.807, 2.05) is 0 Å². The molecule has 1 amide bonds.